The molecular formula is C24H19BrN4O4. The predicted octanol–water partition coefficient (Wildman–Crippen LogP) is 4.41. The van der Waals surface area contributed by atoms with E-state index in [1.165, 1.54) is 0 Å². The van der Waals surface area contributed by atoms with E-state index < -0.39 is 23.2 Å². The molecule has 2 amide bonds. The maximum atomic E-state index is 12.6. The van der Waals surface area contributed by atoms with E-state index in [4.69, 9.17) is 0 Å². The van der Waals surface area contributed by atoms with Crippen LogP contribution in [0.1, 0.15) is 16.7 Å². The molecule has 0 fully saturated rings. The van der Waals surface area contributed by atoms with Crippen LogP contribution in [0.2, 0.25) is 0 Å². The van der Waals surface area contributed by atoms with Crippen LogP contribution in [0, 0.1) is 13.8 Å². The summed E-state index contributed by atoms with van der Waals surface area (Å²) in [5, 5.41) is 15.0. The summed E-state index contributed by atoms with van der Waals surface area (Å²) in [6, 6.07) is 15.5. The van der Waals surface area contributed by atoms with Crippen molar-refractivity contribution in [1.29, 1.82) is 0 Å². The van der Waals surface area contributed by atoms with E-state index in [9.17, 15) is 19.5 Å². The van der Waals surface area contributed by atoms with Gasteiger partial charge in [0.1, 0.15) is 5.56 Å². The largest absolute Gasteiger partial charge is 0.493 e. The monoisotopic (exact) mass is 506 g/mol. The van der Waals surface area contributed by atoms with Crippen LogP contribution in [0.15, 0.2) is 73.7 Å². The lowest BCUT2D eigenvalue weighted by Crippen LogP contribution is -2.31. The van der Waals surface area contributed by atoms with E-state index in [2.05, 4.69) is 31.2 Å². The van der Waals surface area contributed by atoms with Crippen molar-refractivity contribution in [3.05, 3.63) is 96.6 Å². The van der Waals surface area contributed by atoms with Gasteiger partial charge in [0.05, 0.1) is 17.6 Å². The molecule has 4 rings (SSSR count). The first-order chi connectivity index (χ1) is 15.8. The second-order valence-corrected chi connectivity index (χ2v) is 8.29. The number of aromatic hydroxyl groups is 1. The first-order valence-electron chi connectivity index (χ1n) is 9.94. The number of aliphatic imine (C=N–C) groups is 1. The molecule has 0 bridgehead atoms. The smallest absolute Gasteiger partial charge is 0.345 e. The van der Waals surface area contributed by atoms with Crippen molar-refractivity contribution in [3.8, 4) is 11.6 Å². The van der Waals surface area contributed by atoms with Gasteiger partial charge < -0.3 is 10.4 Å². The summed E-state index contributed by atoms with van der Waals surface area (Å²) in [5.41, 5.74) is 0.928. The second-order valence-electron chi connectivity index (χ2n) is 7.43. The molecule has 3 aromatic carbocycles. The fourth-order valence-electron chi connectivity index (χ4n) is 3.43. The Hall–Kier alpha value is -3.98. The molecule has 166 valence electrons. The third-order valence-electron chi connectivity index (χ3n) is 5.26. The van der Waals surface area contributed by atoms with Gasteiger partial charge in [-0.3, -0.25) is 9.78 Å². The highest BCUT2D eigenvalue weighted by molar-refractivity contribution is 9.10. The van der Waals surface area contributed by atoms with Crippen LogP contribution in [0.25, 0.3) is 16.5 Å². The van der Waals surface area contributed by atoms with Gasteiger partial charge in [-0.15, -0.1) is 0 Å². The molecule has 33 heavy (non-hydrogen) atoms. The lowest BCUT2D eigenvalue weighted by atomic mass is 10.1. The number of urea groups is 1. The van der Waals surface area contributed by atoms with Crippen molar-refractivity contribution in [3.63, 3.8) is 0 Å². The molecular weight excluding hydrogens is 488 g/mol. The number of rotatable bonds is 3. The molecule has 9 heteroatoms. The summed E-state index contributed by atoms with van der Waals surface area (Å²) in [6.45, 7) is 3.86. The van der Waals surface area contributed by atoms with Gasteiger partial charge in [-0.25, -0.2) is 19.1 Å². The molecule has 0 spiro atoms. The van der Waals surface area contributed by atoms with Crippen molar-refractivity contribution in [1.82, 2.24) is 9.55 Å². The Balaban J connectivity index is 1.73. The highest BCUT2D eigenvalue weighted by atomic mass is 79.9. The Morgan fingerprint density at radius 1 is 1.09 bits per heavy atom. The van der Waals surface area contributed by atoms with Crippen LogP contribution in [0.4, 0.5) is 10.5 Å². The maximum Gasteiger partial charge on any atom is 0.345 e. The van der Waals surface area contributed by atoms with Gasteiger partial charge in [-0.2, -0.15) is 0 Å². The van der Waals surface area contributed by atoms with Gasteiger partial charge in [0.25, 0.3) is 5.56 Å². The van der Waals surface area contributed by atoms with Crippen LogP contribution in [0.3, 0.4) is 0 Å². The van der Waals surface area contributed by atoms with E-state index in [1.807, 2.05) is 38.1 Å². The highest BCUT2D eigenvalue weighted by Gasteiger charge is 2.16. The quantitative estimate of drug-likeness (QED) is 0.356. The summed E-state index contributed by atoms with van der Waals surface area (Å²) in [7, 11) is 0. The first kappa shape index (κ1) is 22.2. The molecule has 0 radical (unpaired) electrons. The number of hydrogen-bond acceptors (Lipinski definition) is 4. The Kier molecular flexibility index (Phi) is 5.97. The molecule has 0 saturated carbocycles. The van der Waals surface area contributed by atoms with Crippen LogP contribution in [-0.2, 0) is 0 Å². The number of carbonyl (C=O) groups excluding carboxylic acids is 1. The predicted molar refractivity (Wildman–Crippen MR) is 132 cm³/mol. The standard InChI is InChI=1S/C24H19BrN4O4/c1-13-10-18(25)19(11-14(13)2)27-23(32)26-12-17-21(30)28-24(33)29(22(17)31)20-9-5-7-15-6-3-4-8-16(15)20/h3-12,31H,1-2H3,(H,27,32)(H,28,30,33). The summed E-state index contributed by atoms with van der Waals surface area (Å²) in [6.07, 6.45) is 0.930. The Bertz CT molecular complexity index is 1550. The molecule has 4 aromatic rings. The minimum atomic E-state index is -0.863. The zero-order chi connectivity index (χ0) is 23.7. The Labute approximate surface area is 196 Å². The number of anilines is 1. The van der Waals surface area contributed by atoms with Crippen molar-refractivity contribution in [2.24, 2.45) is 4.99 Å². The number of benzene rings is 3. The van der Waals surface area contributed by atoms with Gasteiger partial charge in [0.2, 0.25) is 5.88 Å². The fraction of sp³-hybridized carbons (Fsp3) is 0.0833. The van der Waals surface area contributed by atoms with Crippen molar-refractivity contribution >= 4 is 44.6 Å². The number of carbonyl (C=O) groups is 1. The molecule has 1 aromatic heterocycles. The number of nitrogens with zero attached hydrogens (tertiary/aromatic N) is 2. The molecule has 0 unspecified atom stereocenters. The fourth-order valence-corrected chi connectivity index (χ4v) is 3.99. The lowest BCUT2D eigenvalue weighted by Gasteiger charge is -2.12. The Morgan fingerprint density at radius 2 is 1.79 bits per heavy atom. The third kappa shape index (κ3) is 4.35. The molecule has 0 aliphatic carbocycles. The normalized spacial score (nSPS) is 11.2. The average molecular weight is 507 g/mol. The van der Waals surface area contributed by atoms with Crippen LogP contribution in [-0.4, -0.2) is 26.9 Å². The van der Waals surface area contributed by atoms with E-state index >= 15 is 0 Å². The van der Waals surface area contributed by atoms with E-state index in [0.717, 1.165) is 27.3 Å². The van der Waals surface area contributed by atoms with E-state index in [0.29, 0.717) is 21.2 Å². The molecule has 8 nitrogen and oxygen atoms in total. The minimum Gasteiger partial charge on any atom is -0.493 e. The van der Waals surface area contributed by atoms with Gasteiger partial charge in [0.15, 0.2) is 0 Å². The average Bonchev–Trinajstić information content (AvgIpc) is 2.77. The topological polar surface area (TPSA) is 117 Å². The number of fused-ring (bicyclic) bond motifs is 1. The van der Waals surface area contributed by atoms with Crippen molar-refractivity contribution in [2.45, 2.75) is 13.8 Å². The number of nitrogens with one attached hydrogen (secondary N) is 2. The molecule has 1 heterocycles. The number of halogens is 1. The summed E-state index contributed by atoms with van der Waals surface area (Å²) in [5.74, 6) is -0.621. The lowest BCUT2D eigenvalue weighted by molar-refractivity contribution is 0.259. The summed E-state index contributed by atoms with van der Waals surface area (Å²) >= 11 is 3.39. The third-order valence-corrected chi connectivity index (χ3v) is 5.92. The zero-order valence-corrected chi connectivity index (χ0v) is 19.3. The number of aromatic nitrogens is 2. The van der Waals surface area contributed by atoms with Gasteiger partial charge in [0, 0.05) is 9.86 Å². The molecule has 0 aliphatic rings. The second kappa shape index (κ2) is 8.87. The molecule has 3 N–H and O–H groups in total. The summed E-state index contributed by atoms with van der Waals surface area (Å²) < 4.78 is 1.66. The first-order valence-corrected chi connectivity index (χ1v) is 10.7. The van der Waals surface area contributed by atoms with E-state index in [1.54, 1.807) is 30.3 Å². The molecule has 0 saturated heterocycles. The van der Waals surface area contributed by atoms with Gasteiger partial charge in [-0.1, -0.05) is 36.4 Å². The Morgan fingerprint density at radius 3 is 2.58 bits per heavy atom. The molecule has 0 aliphatic heterocycles. The van der Waals surface area contributed by atoms with Gasteiger partial charge in [-0.05, 0) is 64.5 Å². The number of hydrogen-bond donors (Lipinski definition) is 3. The SMILES string of the molecule is Cc1cc(Br)c(NC(=O)N=Cc2c(O)n(-c3cccc4ccccc34)c(=O)[nH]c2=O)cc1C. The molecule has 0 atom stereocenters. The van der Waals surface area contributed by atoms with E-state index in [-0.39, 0.29) is 5.56 Å². The summed E-state index contributed by atoms with van der Waals surface area (Å²) in [4.78, 5) is 43.2. The van der Waals surface area contributed by atoms with Crippen molar-refractivity contribution in [2.75, 3.05) is 5.32 Å². The maximum absolute atomic E-state index is 12.6. The van der Waals surface area contributed by atoms with Crippen LogP contribution >= 0.6 is 15.9 Å². The van der Waals surface area contributed by atoms with Crippen LogP contribution < -0.4 is 16.6 Å². The van der Waals surface area contributed by atoms with Gasteiger partial charge >= 0.3 is 11.7 Å². The minimum absolute atomic E-state index is 0.322. The number of aromatic amines is 1. The zero-order valence-electron chi connectivity index (χ0n) is 17.7. The highest BCUT2D eigenvalue weighted by Crippen LogP contribution is 2.27. The van der Waals surface area contributed by atoms with Crippen LogP contribution in [0.5, 0.6) is 5.88 Å². The number of H-pyrrole nitrogens is 1. The number of amides is 2. The van der Waals surface area contributed by atoms with Crippen molar-refractivity contribution < 1.29 is 9.90 Å². The number of aryl methyl sites for hydroxylation is 2.